The number of aromatic nitrogens is 1. The van der Waals surface area contributed by atoms with E-state index in [1.807, 2.05) is 17.5 Å². The Hall–Kier alpha value is -3.19. The van der Waals surface area contributed by atoms with Crippen molar-refractivity contribution >= 4 is 46.5 Å². The number of benzene rings is 3. The summed E-state index contributed by atoms with van der Waals surface area (Å²) < 4.78 is 5.07. The summed E-state index contributed by atoms with van der Waals surface area (Å²) in [6.45, 7) is 1.46. The minimum Gasteiger partial charge on any atom is -0.449 e. The van der Waals surface area contributed by atoms with Gasteiger partial charge in [0.15, 0.2) is 5.78 Å². The maximum Gasteiger partial charge on any atom is 0.511 e. The van der Waals surface area contributed by atoms with Crippen LogP contribution >= 0.6 is 34.5 Å². The molecule has 0 radical (unpaired) electrons. The van der Waals surface area contributed by atoms with Gasteiger partial charge >= 0.3 is 6.16 Å². The van der Waals surface area contributed by atoms with Gasteiger partial charge in [-0.05, 0) is 36.8 Å². The Bertz CT molecular complexity index is 1350. The van der Waals surface area contributed by atoms with Gasteiger partial charge in [0.2, 0.25) is 0 Å². The van der Waals surface area contributed by atoms with Crippen molar-refractivity contribution in [1.29, 1.82) is 0 Å². The Balaban J connectivity index is 1.77. The van der Waals surface area contributed by atoms with Crippen LogP contribution in [0.1, 0.15) is 17.3 Å². The van der Waals surface area contributed by atoms with Gasteiger partial charge < -0.3 is 9.84 Å². The molecule has 160 valence electrons. The van der Waals surface area contributed by atoms with Crippen molar-refractivity contribution in [3.63, 3.8) is 0 Å². The predicted molar refractivity (Wildman–Crippen MR) is 127 cm³/mol. The number of carboxylic acid groups (broad SMARTS) is 1. The van der Waals surface area contributed by atoms with Gasteiger partial charge in [0, 0.05) is 27.6 Å². The Morgan fingerprint density at radius 3 is 2.41 bits per heavy atom. The highest BCUT2D eigenvalue weighted by molar-refractivity contribution is 7.13. The lowest BCUT2D eigenvalue weighted by molar-refractivity contribution is 0.101. The summed E-state index contributed by atoms with van der Waals surface area (Å²) in [6.07, 6.45) is -1.45. The van der Waals surface area contributed by atoms with E-state index in [4.69, 9.17) is 27.9 Å². The number of halogens is 2. The first-order valence-corrected chi connectivity index (χ1v) is 11.0. The molecule has 0 spiro atoms. The van der Waals surface area contributed by atoms with Gasteiger partial charge in [-0.1, -0.05) is 59.6 Å². The van der Waals surface area contributed by atoms with Gasteiger partial charge in [0.25, 0.3) is 0 Å². The van der Waals surface area contributed by atoms with E-state index in [0.29, 0.717) is 37.3 Å². The quantitative estimate of drug-likeness (QED) is 0.178. The number of thiazole rings is 1. The number of Topliss-reactive ketones (excluding diaryl/α,β-unsaturated/α-hetero) is 1. The van der Waals surface area contributed by atoms with Crippen LogP contribution in [0.25, 0.3) is 33.0 Å². The summed E-state index contributed by atoms with van der Waals surface area (Å²) in [7, 11) is 0. The molecule has 0 aliphatic rings. The molecule has 4 rings (SSSR count). The number of hydrogen-bond acceptors (Lipinski definition) is 5. The standard InChI is InChI=1S/C24H15Cl2NO4S/c1-13(28)16-4-2-3-5-17(16)18-8-6-15(11-22(18)31-24(29)30)23-27-21(12-32-23)14-7-9-19(25)20(26)10-14/h2-12H,1H3,(H,29,30). The first-order chi connectivity index (χ1) is 15.3. The van der Waals surface area contributed by atoms with E-state index < -0.39 is 6.16 Å². The SMILES string of the molecule is CC(=O)c1ccccc1-c1ccc(-c2nc(-c3ccc(Cl)c(Cl)c3)cs2)cc1OC(=O)O. The zero-order chi connectivity index (χ0) is 22.8. The highest BCUT2D eigenvalue weighted by atomic mass is 35.5. The molecule has 0 aliphatic heterocycles. The number of rotatable bonds is 5. The third-order valence-electron chi connectivity index (χ3n) is 4.74. The van der Waals surface area contributed by atoms with E-state index in [0.717, 1.165) is 11.3 Å². The van der Waals surface area contributed by atoms with E-state index in [1.54, 1.807) is 48.5 Å². The first kappa shape index (κ1) is 22.0. The summed E-state index contributed by atoms with van der Waals surface area (Å²) in [4.78, 5) is 28.1. The summed E-state index contributed by atoms with van der Waals surface area (Å²) >= 11 is 13.5. The minimum atomic E-state index is -1.45. The molecule has 5 nitrogen and oxygen atoms in total. The van der Waals surface area contributed by atoms with Gasteiger partial charge in [-0.2, -0.15) is 0 Å². The minimum absolute atomic E-state index is 0.120. The van der Waals surface area contributed by atoms with E-state index in [2.05, 4.69) is 4.98 Å². The van der Waals surface area contributed by atoms with Crippen molar-refractivity contribution in [3.8, 4) is 38.7 Å². The van der Waals surface area contributed by atoms with Crippen LogP contribution in [0.15, 0.2) is 66.0 Å². The highest BCUT2D eigenvalue weighted by Gasteiger charge is 2.17. The smallest absolute Gasteiger partial charge is 0.449 e. The van der Waals surface area contributed by atoms with Gasteiger partial charge in [-0.15, -0.1) is 11.3 Å². The molecule has 3 aromatic carbocycles. The molecular formula is C24H15Cl2NO4S. The van der Waals surface area contributed by atoms with Crippen LogP contribution in [0.3, 0.4) is 0 Å². The molecule has 1 aromatic heterocycles. The molecule has 1 N–H and O–H groups in total. The molecular weight excluding hydrogens is 469 g/mol. The molecule has 8 heteroatoms. The van der Waals surface area contributed by atoms with Crippen LogP contribution in [-0.4, -0.2) is 22.0 Å². The zero-order valence-corrected chi connectivity index (χ0v) is 19.0. The van der Waals surface area contributed by atoms with Crippen LogP contribution in [0.5, 0.6) is 5.75 Å². The Morgan fingerprint density at radius 1 is 0.938 bits per heavy atom. The lowest BCUT2D eigenvalue weighted by Gasteiger charge is -2.12. The molecule has 0 unspecified atom stereocenters. The number of carbonyl (C=O) groups excluding carboxylic acids is 1. The van der Waals surface area contributed by atoms with Crippen LogP contribution < -0.4 is 4.74 Å². The van der Waals surface area contributed by atoms with Crippen molar-refractivity contribution in [2.24, 2.45) is 0 Å². The molecule has 0 atom stereocenters. The third-order valence-corrected chi connectivity index (χ3v) is 6.37. The average Bonchev–Trinajstić information content (AvgIpc) is 3.25. The van der Waals surface area contributed by atoms with Gasteiger partial charge in [-0.25, -0.2) is 9.78 Å². The second kappa shape index (κ2) is 9.12. The molecule has 4 aromatic rings. The fourth-order valence-corrected chi connectivity index (χ4v) is 4.40. The van der Waals surface area contributed by atoms with E-state index >= 15 is 0 Å². The molecule has 32 heavy (non-hydrogen) atoms. The topological polar surface area (TPSA) is 76.5 Å². The Morgan fingerprint density at radius 2 is 1.69 bits per heavy atom. The van der Waals surface area contributed by atoms with E-state index in [1.165, 1.54) is 18.3 Å². The average molecular weight is 484 g/mol. The molecule has 0 aliphatic carbocycles. The maximum atomic E-state index is 12.1. The van der Waals surface area contributed by atoms with Crippen molar-refractivity contribution < 1.29 is 19.4 Å². The molecule has 0 fully saturated rings. The van der Waals surface area contributed by atoms with Crippen molar-refractivity contribution in [3.05, 3.63) is 81.7 Å². The normalized spacial score (nSPS) is 10.7. The van der Waals surface area contributed by atoms with Crippen LogP contribution in [0, 0.1) is 0 Å². The van der Waals surface area contributed by atoms with Gasteiger partial charge in [0.05, 0.1) is 15.7 Å². The maximum absolute atomic E-state index is 12.1. The fraction of sp³-hybridized carbons (Fsp3) is 0.0417. The summed E-state index contributed by atoms with van der Waals surface area (Å²) in [6, 6.07) is 17.4. The van der Waals surface area contributed by atoms with E-state index in [9.17, 15) is 14.7 Å². The third kappa shape index (κ3) is 4.53. The first-order valence-electron chi connectivity index (χ1n) is 9.40. The van der Waals surface area contributed by atoms with Crippen LogP contribution in [-0.2, 0) is 0 Å². The second-order valence-electron chi connectivity index (χ2n) is 6.85. The molecule has 1 heterocycles. The Kier molecular flexibility index (Phi) is 6.28. The second-order valence-corrected chi connectivity index (χ2v) is 8.52. The lowest BCUT2D eigenvalue weighted by Crippen LogP contribution is -2.05. The molecule has 0 saturated carbocycles. The zero-order valence-electron chi connectivity index (χ0n) is 16.6. The summed E-state index contributed by atoms with van der Waals surface area (Å²) in [5.74, 6) is -0.00729. The lowest BCUT2D eigenvalue weighted by atomic mass is 9.96. The number of hydrogen-bond donors (Lipinski definition) is 1. The van der Waals surface area contributed by atoms with Gasteiger partial charge in [-0.3, -0.25) is 4.79 Å². The Labute approximate surface area is 197 Å². The monoisotopic (exact) mass is 483 g/mol. The molecule has 0 amide bonds. The summed E-state index contributed by atoms with van der Waals surface area (Å²) in [5.41, 5.74) is 3.79. The highest BCUT2D eigenvalue weighted by Crippen LogP contribution is 2.38. The number of ether oxygens (including phenoxy) is 1. The predicted octanol–water partition coefficient (Wildman–Crippen LogP) is 7.71. The fourth-order valence-electron chi connectivity index (χ4n) is 3.28. The van der Waals surface area contributed by atoms with Crippen molar-refractivity contribution in [1.82, 2.24) is 4.98 Å². The largest absolute Gasteiger partial charge is 0.511 e. The van der Waals surface area contributed by atoms with E-state index in [-0.39, 0.29) is 11.5 Å². The molecule has 0 bridgehead atoms. The van der Waals surface area contributed by atoms with Crippen molar-refractivity contribution in [2.45, 2.75) is 6.92 Å². The van der Waals surface area contributed by atoms with Gasteiger partial charge in [0.1, 0.15) is 10.8 Å². The summed E-state index contributed by atoms with van der Waals surface area (Å²) in [5, 5.41) is 12.7. The van der Waals surface area contributed by atoms with Crippen molar-refractivity contribution in [2.75, 3.05) is 0 Å². The number of nitrogens with zero attached hydrogens (tertiary/aromatic N) is 1. The number of ketones is 1. The van der Waals surface area contributed by atoms with Crippen LogP contribution in [0.4, 0.5) is 4.79 Å². The number of carbonyl (C=O) groups is 2. The van der Waals surface area contributed by atoms with Crippen LogP contribution in [0.2, 0.25) is 10.0 Å². The molecule has 0 saturated heterocycles.